The van der Waals surface area contributed by atoms with Gasteiger partial charge in [0, 0.05) is 18.2 Å². The highest BCUT2D eigenvalue weighted by molar-refractivity contribution is 6.36. The van der Waals surface area contributed by atoms with Crippen LogP contribution in [0.15, 0.2) is 48.5 Å². The summed E-state index contributed by atoms with van der Waals surface area (Å²) in [5.41, 5.74) is 2.25. The van der Waals surface area contributed by atoms with Gasteiger partial charge in [0.2, 0.25) is 5.91 Å². The van der Waals surface area contributed by atoms with E-state index in [1.807, 2.05) is 36.4 Å². The average molecular weight is 340 g/mol. The van der Waals surface area contributed by atoms with Crippen LogP contribution in [0.2, 0.25) is 5.02 Å². The summed E-state index contributed by atoms with van der Waals surface area (Å²) in [5.74, 6) is -0.269. The van der Waals surface area contributed by atoms with Gasteiger partial charge in [-0.15, -0.1) is 0 Å². The number of ether oxygens (including phenoxy) is 1. The summed E-state index contributed by atoms with van der Waals surface area (Å²) >= 11 is 6.34. The van der Waals surface area contributed by atoms with Crippen LogP contribution in [0.3, 0.4) is 0 Å². The normalized spacial score (nSPS) is 16.8. The van der Waals surface area contributed by atoms with Crippen molar-refractivity contribution in [1.29, 1.82) is 0 Å². The number of fused-ring (bicyclic) bond motifs is 3. The maximum atomic E-state index is 12.4. The number of benzene rings is 2. The molecule has 0 fully saturated rings. The Balaban J connectivity index is 2.10. The summed E-state index contributed by atoms with van der Waals surface area (Å²) in [6.45, 7) is 1.49. The minimum Gasteiger partial charge on any atom is -0.424 e. The Morgan fingerprint density at radius 1 is 1.17 bits per heavy atom. The molecule has 5 heteroatoms. The number of carbonyl (C=O) groups excluding carboxylic acids is 2. The second kappa shape index (κ2) is 5.49. The van der Waals surface area contributed by atoms with Gasteiger partial charge in [0.25, 0.3) is 0 Å². The minimum atomic E-state index is -0.307. The largest absolute Gasteiger partial charge is 0.424 e. The topological polar surface area (TPSA) is 48.3 Å². The van der Waals surface area contributed by atoms with Crippen LogP contribution in [0.4, 0.5) is 0 Å². The fourth-order valence-corrected chi connectivity index (χ4v) is 3.67. The van der Waals surface area contributed by atoms with Crippen LogP contribution in [0.5, 0.6) is 5.75 Å². The fraction of sp³-hybridized carbons (Fsp3) is 0.158. The standard InChI is InChI=1S/C19H14ClNO3/c1-11(22)21-17-13(8-5-9-15(17)20)19-18(21)14(10-16(23)24-19)12-6-3-2-4-7-12/h2-9,14H,10H2,1H3/t14-/m0/s1. The number of halogens is 1. The number of aromatic nitrogens is 1. The van der Waals surface area contributed by atoms with Crippen LogP contribution in [0, 0.1) is 0 Å². The number of rotatable bonds is 1. The zero-order valence-corrected chi connectivity index (χ0v) is 13.7. The van der Waals surface area contributed by atoms with Crippen molar-refractivity contribution in [2.45, 2.75) is 19.3 Å². The first-order valence-corrected chi connectivity index (χ1v) is 8.05. The molecule has 1 atom stereocenters. The van der Waals surface area contributed by atoms with Gasteiger partial charge >= 0.3 is 5.97 Å². The SMILES string of the molecule is CC(=O)n1c2c(c3cccc(Cl)c31)OC(=O)C[C@H]2c1ccccc1. The third kappa shape index (κ3) is 2.14. The Kier molecular flexibility index (Phi) is 3.43. The molecule has 4 nitrogen and oxygen atoms in total. The smallest absolute Gasteiger partial charge is 0.312 e. The third-order valence-electron chi connectivity index (χ3n) is 4.36. The molecule has 0 radical (unpaired) electrons. The lowest BCUT2D eigenvalue weighted by atomic mass is 9.90. The van der Waals surface area contributed by atoms with E-state index in [9.17, 15) is 9.59 Å². The molecule has 1 aromatic heterocycles. The van der Waals surface area contributed by atoms with Gasteiger partial charge in [0.05, 0.1) is 22.7 Å². The van der Waals surface area contributed by atoms with Gasteiger partial charge in [0.15, 0.2) is 5.75 Å². The highest BCUT2D eigenvalue weighted by atomic mass is 35.5. The zero-order valence-electron chi connectivity index (χ0n) is 13.0. The molecule has 1 aliphatic rings. The number of hydrogen-bond acceptors (Lipinski definition) is 3. The average Bonchev–Trinajstić information content (AvgIpc) is 2.91. The Morgan fingerprint density at radius 3 is 2.62 bits per heavy atom. The van der Waals surface area contributed by atoms with Crippen molar-refractivity contribution in [3.05, 3.63) is 64.8 Å². The molecule has 0 spiro atoms. The van der Waals surface area contributed by atoms with E-state index in [2.05, 4.69) is 0 Å². The van der Waals surface area contributed by atoms with Crippen LogP contribution < -0.4 is 4.74 Å². The molecule has 0 unspecified atom stereocenters. The van der Waals surface area contributed by atoms with Gasteiger partial charge in [0.1, 0.15) is 0 Å². The highest BCUT2D eigenvalue weighted by Gasteiger charge is 2.35. The predicted molar refractivity (Wildman–Crippen MR) is 91.8 cm³/mol. The lowest BCUT2D eigenvalue weighted by Gasteiger charge is -2.24. The lowest BCUT2D eigenvalue weighted by molar-refractivity contribution is -0.135. The van der Waals surface area contributed by atoms with Crippen molar-refractivity contribution >= 4 is 34.4 Å². The molecule has 0 amide bonds. The van der Waals surface area contributed by atoms with Crippen LogP contribution in [0.25, 0.3) is 10.9 Å². The molecule has 2 heterocycles. The molecule has 120 valence electrons. The molecule has 2 aromatic carbocycles. The molecule has 0 saturated carbocycles. The molecule has 0 bridgehead atoms. The number of para-hydroxylation sites is 1. The summed E-state index contributed by atoms with van der Waals surface area (Å²) in [7, 11) is 0. The number of nitrogens with zero attached hydrogens (tertiary/aromatic N) is 1. The first-order valence-electron chi connectivity index (χ1n) is 7.67. The zero-order chi connectivity index (χ0) is 16.8. The maximum Gasteiger partial charge on any atom is 0.312 e. The van der Waals surface area contributed by atoms with Crippen LogP contribution in [-0.2, 0) is 4.79 Å². The van der Waals surface area contributed by atoms with Gasteiger partial charge in [-0.05, 0) is 17.7 Å². The Morgan fingerprint density at radius 2 is 1.92 bits per heavy atom. The Labute approximate surface area is 143 Å². The molecule has 0 saturated heterocycles. The van der Waals surface area contributed by atoms with Crippen molar-refractivity contribution in [1.82, 2.24) is 4.57 Å². The molecule has 1 aliphatic heterocycles. The highest BCUT2D eigenvalue weighted by Crippen LogP contribution is 2.46. The first kappa shape index (κ1) is 15.0. The van der Waals surface area contributed by atoms with E-state index in [4.69, 9.17) is 16.3 Å². The van der Waals surface area contributed by atoms with Gasteiger partial charge < -0.3 is 4.74 Å². The van der Waals surface area contributed by atoms with Gasteiger partial charge in [-0.3, -0.25) is 14.2 Å². The van der Waals surface area contributed by atoms with Crippen LogP contribution >= 0.6 is 11.6 Å². The number of hydrogen-bond donors (Lipinski definition) is 0. The number of carbonyl (C=O) groups is 2. The van der Waals surface area contributed by atoms with Crippen LogP contribution in [-0.4, -0.2) is 16.4 Å². The second-order valence-electron chi connectivity index (χ2n) is 5.85. The summed E-state index contributed by atoms with van der Waals surface area (Å²) in [5, 5.41) is 1.14. The van der Waals surface area contributed by atoms with E-state index in [1.165, 1.54) is 6.92 Å². The monoisotopic (exact) mass is 339 g/mol. The summed E-state index contributed by atoms with van der Waals surface area (Å²) in [4.78, 5) is 24.5. The number of esters is 1. The molecule has 24 heavy (non-hydrogen) atoms. The maximum absolute atomic E-state index is 12.4. The van der Waals surface area contributed by atoms with Gasteiger partial charge in [-0.1, -0.05) is 48.0 Å². The summed E-state index contributed by atoms with van der Waals surface area (Å²) in [6.07, 6.45) is 0.193. The van der Waals surface area contributed by atoms with Gasteiger partial charge in [-0.2, -0.15) is 0 Å². The van der Waals surface area contributed by atoms with E-state index in [0.717, 1.165) is 5.56 Å². The van der Waals surface area contributed by atoms with Crippen molar-refractivity contribution in [3.8, 4) is 5.75 Å². The van der Waals surface area contributed by atoms with E-state index < -0.39 is 0 Å². The summed E-state index contributed by atoms with van der Waals surface area (Å²) in [6, 6.07) is 15.0. The van der Waals surface area contributed by atoms with Crippen molar-refractivity contribution in [3.63, 3.8) is 0 Å². The minimum absolute atomic E-state index is 0.159. The van der Waals surface area contributed by atoms with E-state index in [-0.39, 0.29) is 24.2 Å². The van der Waals surface area contributed by atoms with Crippen molar-refractivity contribution in [2.24, 2.45) is 0 Å². The van der Waals surface area contributed by atoms with Crippen molar-refractivity contribution < 1.29 is 14.3 Å². The molecule has 0 aliphatic carbocycles. The first-order chi connectivity index (χ1) is 11.6. The molecule has 0 N–H and O–H groups in total. The van der Waals surface area contributed by atoms with Crippen molar-refractivity contribution in [2.75, 3.05) is 0 Å². The fourth-order valence-electron chi connectivity index (χ4n) is 3.41. The van der Waals surface area contributed by atoms with Crippen LogP contribution in [0.1, 0.15) is 35.3 Å². The molecular weight excluding hydrogens is 326 g/mol. The predicted octanol–water partition coefficient (Wildman–Crippen LogP) is 4.40. The van der Waals surface area contributed by atoms with E-state index in [1.54, 1.807) is 16.7 Å². The third-order valence-corrected chi connectivity index (χ3v) is 4.67. The summed E-state index contributed by atoms with van der Waals surface area (Å²) < 4.78 is 7.09. The van der Waals surface area contributed by atoms with E-state index >= 15 is 0 Å². The van der Waals surface area contributed by atoms with E-state index in [0.29, 0.717) is 27.4 Å². The molecule has 3 aromatic rings. The Bertz CT molecular complexity index is 975. The Hall–Kier alpha value is -2.59. The molecular formula is C19H14ClNO3. The lowest BCUT2D eigenvalue weighted by Crippen LogP contribution is -2.24. The van der Waals surface area contributed by atoms with Gasteiger partial charge in [-0.25, -0.2) is 0 Å². The second-order valence-corrected chi connectivity index (χ2v) is 6.25. The quantitative estimate of drug-likeness (QED) is 0.617. The molecule has 4 rings (SSSR count).